The van der Waals surface area contributed by atoms with Crippen molar-refractivity contribution in [2.24, 2.45) is 0 Å². The van der Waals surface area contributed by atoms with Crippen molar-refractivity contribution in [3.63, 3.8) is 0 Å². The number of furan rings is 1. The van der Waals surface area contributed by atoms with E-state index in [0.29, 0.717) is 0 Å². The van der Waals surface area contributed by atoms with Gasteiger partial charge in [0.2, 0.25) is 0 Å². The molecule has 4 aliphatic rings. The molecule has 0 unspecified atom stereocenters. The van der Waals surface area contributed by atoms with Gasteiger partial charge in [0, 0.05) is 33.6 Å². The van der Waals surface area contributed by atoms with E-state index in [9.17, 15) is 0 Å². The summed E-state index contributed by atoms with van der Waals surface area (Å²) in [5.41, 5.74) is 22.7. The van der Waals surface area contributed by atoms with Crippen molar-refractivity contribution >= 4 is 68.1 Å². The Bertz CT molecular complexity index is 3480. The predicted molar refractivity (Wildman–Crippen MR) is 301 cm³/mol. The summed E-state index contributed by atoms with van der Waals surface area (Å²) in [5, 5.41) is 3.69. The van der Waals surface area contributed by atoms with E-state index in [1.54, 1.807) is 0 Å². The van der Waals surface area contributed by atoms with Crippen molar-refractivity contribution in [1.82, 2.24) is 0 Å². The number of rotatable bonds is 3. The van der Waals surface area contributed by atoms with Crippen molar-refractivity contribution < 1.29 is 4.42 Å². The Morgan fingerprint density at radius 2 is 1.07 bits per heavy atom. The van der Waals surface area contributed by atoms with E-state index in [1.807, 2.05) is 0 Å². The van der Waals surface area contributed by atoms with Gasteiger partial charge in [-0.15, -0.1) is 0 Å². The average molecular weight is 919 g/mol. The highest BCUT2D eigenvalue weighted by atomic mass is 16.3. The van der Waals surface area contributed by atoms with Gasteiger partial charge in [-0.3, -0.25) is 0 Å². The normalized spacial score (nSPS) is 18.3. The molecule has 0 radical (unpaired) electrons. The number of hydrogen-bond donors (Lipinski definition) is 0. The average Bonchev–Trinajstić information content (AvgIpc) is 3.69. The van der Waals surface area contributed by atoms with Gasteiger partial charge < -0.3 is 14.1 Å². The maximum Gasteiger partial charge on any atom is 0.375 e. The Morgan fingerprint density at radius 3 is 1.74 bits per heavy atom. The molecule has 0 atom stereocenters. The molecule has 2 aliphatic carbocycles. The summed E-state index contributed by atoms with van der Waals surface area (Å²) >= 11 is 0. The lowest BCUT2D eigenvalue weighted by Gasteiger charge is -2.46. The molecule has 70 heavy (non-hydrogen) atoms. The van der Waals surface area contributed by atoms with Gasteiger partial charge in [0.15, 0.2) is 0 Å². The van der Waals surface area contributed by atoms with Crippen LogP contribution in [0.5, 0.6) is 0 Å². The summed E-state index contributed by atoms with van der Waals surface area (Å²) in [6.45, 7) is 33.4. The molecule has 1 aromatic heterocycles. The number of fused-ring (bicyclic) bond motifs is 10. The van der Waals surface area contributed by atoms with Crippen LogP contribution in [0.4, 0.5) is 28.4 Å². The third-order valence-corrected chi connectivity index (χ3v) is 17.7. The van der Waals surface area contributed by atoms with Crippen LogP contribution in [-0.4, -0.2) is 6.85 Å². The maximum absolute atomic E-state index is 7.82. The second kappa shape index (κ2) is 14.8. The highest BCUT2D eigenvalue weighted by molar-refractivity contribution is 6.93. The SMILES string of the molecule is CC(C)(C)c1ccc(N2c3cc4ccccc4c4c3B(c3oc5cc6c(cc5c32)C(C)(C)CCC6(C)C)N(c2ccc3c(c2)C(C)(C)CCC3(C)C)c2cc(C(C)(C)C)ccc2-4)c(-c2ccccc2)c1. The first-order chi connectivity index (χ1) is 32.9. The molecule has 8 aromatic rings. The van der Waals surface area contributed by atoms with Gasteiger partial charge >= 0.3 is 6.85 Å². The zero-order chi connectivity index (χ0) is 49.2. The van der Waals surface area contributed by atoms with Crippen molar-refractivity contribution in [1.29, 1.82) is 0 Å². The van der Waals surface area contributed by atoms with Crippen LogP contribution < -0.4 is 20.8 Å². The van der Waals surface area contributed by atoms with Crippen molar-refractivity contribution in [3.8, 4) is 22.3 Å². The molecule has 3 heterocycles. The van der Waals surface area contributed by atoms with Crippen LogP contribution in [0.25, 0.3) is 44.0 Å². The maximum atomic E-state index is 7.82. The van der Waals surface area contributed by atoms with Crippen LogP contribution in [0, 0.1) is 0 Å². The number of hydrogen-bond acceptors (Lipinski definition) is 3. The fourth-order valence-electron chi connectivity index (χ4n) is 13.0. The first kappa shape index (κ1) is 45.2. The summed E-state index contributed by atoms with van der Waals surface area (Å²) in [4.78, 5) is 5.34. The summed E-state index contributed by atoms with van der Waals surface area (Å²) in [6.07, 6.45) is 4.61. The van der Waals surface area contributed by atoms with E-state index in [1.165, 1.54) is 101 Å². The van der Waals surface area contributed by atoms with Gasteiger partial charge in [0.25, 0.3) is 0 Å². The van der Waals surface area contributed by atoms with E-state index in [4.69, 9.17) is 4.42 Å². The van der Waals surface area contributed by atoms with Gasteiger partial charge in [0.05, 0.1) is 11.4 Å². The molecule has 3 nitrogen and oxygen atoms in total. The Morgan fingerprint density at radius 1 is 0.486 bits per heavy atom. The molecule has 0 spiro atoms. The molecule has 354 valence electrons. The molecule has 0 fully saturated rings. The van der Waals surface area contributed by atoms with Crippen LogP contribution in [0.2, 0.25) is 0 Å². The minimum atomic E-state index is -0.263. The first-order valence-corrected chi connectivity index (χ1v) is 26.2. The lowest BCUT2D eigenvalue weighted by molar-refractivity contribution is 0.332. The van der Waals surface area contributed by atoms with E-state index in [-0.39, 0.29) is 39.3 Å². The molecule has 0 bridgehead atoms. The van der Waals surface area contributed by atoms with Gasteiger partial charge in [-0.1, -0.05) is 176 Å². The van der Waals surface area contributed by atoms with Crippen LogP contribution in [0.15, 0.2) is 132 Å². The fourth-order valence-corrected chi connectivity index (χ4v) is 13.0. The lowest BCUT2D eigenvalue weighted by Crippen LogP contribution is -2.61. The second-order valence-corrected chi connectivity index (χ2v) is 26.3. The number of benzene rings is 7. The van der Waals surface area contributed by atoms with Crippen LogP contribution >= 0.6 is 0 Å². The van der Waals surface area contributed by atoms with Crippen molar-refractivity contribution in [2.75, 3.05) is 9.71 Å². The predicted octanol–water partition coefficient (Wildman–Crippen LogP) is 17.3. The largest absolute Gasteiger partial charge is 0.466 e. The van der Waals surface area contributed by atoms with E-state index in [2.05, 4.69) is 234 Å². The van der Waals surface area contributed by atoms with E-state index >= 15 is 0 Å². The van der Waals surface area contributed by atoms with Crippen LogP contribution in [-0.2, 0) is 32.5 Å². The Labute approximate surface area is 418 Å². The van der Waals surface area contributed by atoms with E-state index < -0.39 is 0 Å². The zero-order valence-corrected chi connectivity index (χ0v) is 44.3. The molecule has 0 saturated carbocycles. The van der Waals surface area contributed by atoms with Crippen molar-refractivity contribution in [3.05, 3.63) is 161 Å². The molecule has 0 saturated heterocycles. The molecule has 0 N–H and O–H groups in total. The van der Waals surface area contributed by atoms with Crippen LogP contribution in [0.3, 0.4) is 0 Å². The van der Waals surface area contributed by atoms with Crippen LogP contribution in [0.1, 0.15) is 156 Å². The third-order valence-electron chi connectivity index (χ3n) is 17.7. The molecule has 12 rings (SSSR count). The monoisotopic (exact) mass is 919 g/mol. The lowest BCUT2D eigenvalue weighted by atomic mass is 9.45. The summed E-state index contributed by atoms with van der Waals surface area (Å²) in [5.74, 6) is 0. The smallest absolute Gasteiger partial charge is 0.375 e. The van der Waals surface area contributed by atoms with Gasteiger partial charge in [0.1, 0.15) is 11.2 Å². The highest BCUT2D eigenvalue weighted by Gasteiger charge is 2.51. The molecule has 7 aromatic carbocycles. The Hall–Kier alpha value is -6.00. The Balaban J connectivity index is 1.27. The first-order valence-electron chi connectivity index (χ1n) is 26.2. The molecular weight excluding hydrogens is 848 g/mol. The quantitative estimate of drug-likeness (QED) is 0.165. The van der Waals surface area contributed by atoms with Crippen molar-refractivity contribution in [2.45, 2.75) is 155 Å². The minimum Gasteiger partial charge on any atom is -0.466 e. The van der Waals surface area contributed by atoms with Gasteiger partial charge in [-0.05, 0) is 167 Å². The summed E-state index contributed by atoms with van der Waals surface area (Å²) < 4.78 is 7.82. The summed E-state index contributed by atoms with van der Waals surface area (Å²) in [7, 11) is 0. The minimum absolute atomic E-state index is 0.0103. The Kier molecular flexibility index (Phi) is 9.54. The molecule has 2 aliphatic heterocycles. The number of anilines is 5. The summed E-state index contributed by atoms with van der Waals surface area (Å²) in [6, 6.07) is 49.8. The zero-order valence-electron chi connectivity index (χ0n) is 44.3. The topological polar surface area (TPSA) is 19.6 Å². The van der Waals surface area contributed by atoms with E-state index in [0.717, 1.165) is 41.9 Å². The fraction of sp³-hybridized carbons (Fsp3) is 0.364. The standard InChI is InChI=1S/C66H71BN2O/c1-61(2,3)42-25-29-53(47(35-42)40-20-16-15-17-21-40)68-55-34-41-22-18-19-23-45(41)57-46-27-24-43(62(4,5)6)36-54(46)69(44-26-28-49-50(37-44)64(9,10)31-30-63(49,7)8)67(58(55)57)60-59(68)48-38-51-52(39-56(48)70-60)66(13,14)33-32-65(51,11)12/h15-29,34-39H,30-33H2,1-14H3. The molecule has 4 heteroatoms. The molecular formula is C66H71BN2O. The molecule has 0 amide bonds. The van der Waals surface area contributed by atoms with Gasteiger partial charge in [-0.2, -0.15) is 0 Å². The van der Waals surface area contributed by atoms with Gasteiger partial charge in [-0.25, -0.2) is 0 Å². The highest BCUT2D eigenvalue weighted by Crippen LogP contribution is 2.56. The number of nitrogens with zero attached hydrogens (tertiary/aromatic N) is 2. The second-order valence-electron chi connectivity index (χ2n) is 26.3. The third kappa shape index (κ3) is 6.67.